The highest BCUT2D eigenvalue weighted by molar-refractivity contribution is 7.90. The zero-order chi connectivity index (χ0) is 31.4. The fraction of sp³-hybridized carbons (Fsp3) is 0.588. The number of sulfonamides is 1. The van der Waals surface area contributed by atoms with Crippen LogP contribution in [0.2, 0.25) is 5.02 Å². The molecule has 2 bridgehead atoms. The molecule has 0 unspecified atom stereocenters. The quantitative estimate of drug-likeness (QED) is 0.376. The van der Waals surface area contributed by atoms with E-state index in [4.69, 9.17) is 16.3 Å². The predicted molar refractivity (Wildman–Crippen MR) is 173 cm³/mol. The molecule has 1 fully saturated rings. The molecule has 44 heavy (non-hydrogen) atoms. The van der Waals surface area contributed by atoms with Crippen molar-refractivity contribution in [3.05, 3.63) is 58.1 Å². The predicted octanol–water partition coefficient (Wildman–Crippen LogP) is 6.84. The number of amides is 1. The summed E-state index contributed by atoms with van der Waals surface area (Å²) in [5, 5.41) is 9.26. The van der Waals surface area contributed by atoms with Gasteiger partial charge in [0.25, 0.3) is 5.91 Å². The van der Waals surface area contributed by atoms with Crippen LogP contribution in [-0.4, -0.2) is 43.7 Å². The van der Waals surface area contributed by atoms with Crippen LogP contribution in [0.5, 0.6) is 5.75 Å². The van der Waals surface area contributed by atoms with Crippen molar-refractivity contribution in [2.24, 2.45) is 23.7 Å². The number of nitrogens with zero attached hydrogens (tertiary/aromatic N) is 1. The van der Waals surface area contributed by atoms with E-state index in [0.29, 0.717) is 42.1 Å². The first-order valence-corrected chi connectivity index (χ1v) is 18.0. The first-order chi connectivity index (χ1) is 21.0. The molecular weight excluding hydrogens is 600 g/mol. The SMILES string of the molecule is C[C@@H]1[C@@H](C)C[C@H](CCC(=O)O)CC[C@@H]2CC[C@H]2CN2CCCCc3cc(Cl)ccc3COc3ccc(cc32)C(=O)NS1(=O)=O. The number of carboxylic acid groups (broad SMARTS) is 1. The molecule has 0 radical (unpaired) electrons. The molecule has 240 valence electrons. The smallest absolute Gasteiger partial charge is 0.303 e. The van der Waals surface area contributed by atoms with E-state index in [-0.39, 0.29) is 23.8 Å². The lowest BCUT2D eigenvalue weighted by atomic mass is 9.69. The Hall–Kier alpha value is -2.78. The van der Waals surface area contributed by atoms with Crippen molar-refractivity contribution >= 4 is 39.2 Å². The monoisotopic (exact) mass is 644 g/mol. The minimum Gasteiger partial charge on any atom is -0.487 e. The van der Waals surface area contributed by atoms with Crippen LogP contribution in [0.15, 0.2) is 36.4 Å². The Labute approximate surface area is 266 Å². The summed E-state index contributed by atoms with van der Waals surface area (Å²) < 4.78 is 35.5. The summed E-state index contributed by atoms with van der Waals surface area (Å²) in [4.78, 5) is 27.2. The molecule has 1 amide bonds. The molecular formula is C34H45ClN2O6S. The van der Waals surface area contributed by atoms with Gasteiger partial charge in [0.15, 0.2) is 0 Å². The van der Waals surface area contributed by atoms with Crippen LogP contribution >= 0.6 is 11.6 Å². The van der Waals surface area contributed by atoms with Crippen molar-refractivity contribution < 1.29 is 27.9 Å². The summed E-state index contributed by atoms with van der Waals surface area (Å²) in [6.07, 6.45) is 8.19. The molecule has 5 rings (SSSR count). The highest BCUT2D eigenvalue weighted by atomic mass is 35.5. The number of carbonyl (C=O) groups excluding carboxylic acids is 1. The minimum absolute atomic E-state index is 0.0740. The molecule has 0 aromatic heterocycles. The van der Waals surface area contributed by atoms with Gasteiger partial charge in [0.05, 0.1) is 10.9 Å². The van der Waals surface area contributed by atoms with Crippen LogP contribution in [-0.2, 0) is 27.8 Å². The topological polar surface area (TPSA) is 113 Å². The number of aryl methyl sites for hydroxylation is 1. The Morgan fingerprint density at radius 2 is 1.82 bits per heavy atom. The third-order valence-electron chi connectivity index (χ3n) is 10.2. The summed E-state index contributed by atoms with van der Waals surface area (Å²) in [5.41, 5.74) is 3.35. The third-order valence-corrected chi connectivity index (χ3v) is 12.4. The van der Waals surface area contributed by atoms with Crippen molar-refractivity contribution in [1.29, 1.82) is 0 Å². The van der Waals surface area contributed by atoms with Gasteiger partial charge in [-0.15, -0.1) is 0 Å². The average Bonchev–Trinajstić information content (AvgIpc) is 2.99. The molecule has 2 aromatic rings. The van der Waals surface area contributed by atoms with E-state index in [2.05, 4.69) is 9.62 Å². The largest absolute Gasteiger partial charge is 0.487 e. The van der Waals surface area contributed by atoms with Crippen molar-refractivity contribution in [3.8, 4) is 5.75 Å². The van der Waals surface area contributed by atoms with E-state index >= 15 is 0 Å². The van der Waals surface area contributed by atoms with Gasteiger partial charge in [0.2, 0.25) is 10.0 Å². The van der Waals surface area contributed by atoms with Gasteiger partial charge in [-0.1, -0.05) is 31.0 Å². The number of hydrogen-bond acceptors (Lipinski definition) is 6. The Morgan fingerprint density at radius 1 is 1.05 bits per heavy atom. The number of carbonyl (C=O) groups is 2. The highest BCUT2D eigenvalue weighted by Crippen LogP contribution is 2.42. The van der Waals surface area contributed by atoms with E-state index < -0.39 is 27.1 Å². The highest BCUT2D eigenvalue weighted by Gasteiger charge is 2.35. The Kier molecular flexibility index (Phi) is 10.5. The lowest BCUT2D eigenvalue weighted by Gasteiger charge is -2.42. The molecule has 2 aromatic carbocycles. The van der Waals surface area contributed by atoms with Gasteiger partial charge in [-0.2, -0.15) is 0 Å². The number of carboxylic acids is 1. The molecule has 2 aliphatic heterocycles. The summed E-state index contributed by atoms with van der Waals surface area (Å²) in [6, 6.07) is 11.1. The van der Waals surface area contributed by atoms with Crippen LogP contribution in [0.1, 0.15) is 93.1 Å². The first-order valence-electron chi connectivity index (χ1n) is 16.1. The van der Waals surface area contributed by atoms with Crippen LogP contribution in [0.25, 0.3) is 0 Å². The first kappa shape index (κ1) is 32.6. The number of ether oxygens (including phenoxy) is 1. The van der Waals surface area contributed by atoms with Gasteiger partial charge in [0, 0.05) is 30.1 Å². The maximum Gasteiger partial charge on any atom is 0.303 e. The van der Waals surface area contributed by atoms with Crippen molar-refractivity contribution in [2.75, 3.05) is 18.0 Å². The summed E-state index contributed by atoms with van der Waals surface area (Å²) in [6.45, 7) is 5.51. The Morgan fingerprint density at radius 3 is 2.57 bits per heavy atom. The van der Waals surface area contributed by atoms with Gasteiger partial charge in [-0.25, -0.2) is 13.1 Å². The molecule has 5 atom stereocenters. The average molecular weight is 645 g/mol. The molecule has 8 nitrogen and oxygen atoms in total. The summed E-state index contributed by atoms with van der Waals surface area (Å²) in [7, 11) is -3.97. The summed E-state index contributed by atoms with van der Waals surface area (Å²) in [5.74, 6) is 0.0852. The van der Waals surface area contributed by atoms with Crippen LogP contribution < -0.4 is 14.4 Å². The normalized spacial score (nSPS) is 27.8. The van der Waals surface area contributed by atoms with Gasteiger partial charge < -0.3 is 14.7 Å². The van der Waals surface area contributed by atoms with E-state index in [1.165, 1.54) is 5.56 Å². The van der Waals surface area contributed by atoms with Crippen LogP contribution in [0.4, 0.5) is 5.69 Å². The zero-order valence-electron chi connectivity index (χ0n) is 25.8. The molecule has 10 heteroatoms. The van der Waals surface area contributed by atoms with E-state index in [0.717, 1.165) is 69.3 Å². The van der Waals surface area contributed by atoms with Gasteiger partial charge >= 0.3 is 5.97 Å². The second-order valence-corrected chi connectivity index (χ2v) is 15.6. The lowest BCUT2D eigenvalue weighted by molar-refractivity contribution is -0.137. The van der Waals surface area contributed by atoms with Gasteiger partial charge in [0.1, 0.15) is 12.4 Å². The number of nitrogens with one attached hydrogen (secondary N) is 1. The zero-order valence-corrected chi connectivity index (χ0v) is 27.3. The van der Waals surface area contributed by atoms with E-state index in [9.17, 15) is 23.1 Å². The maximum absolute atomic E-state index is 13.4. The Balaban J connectivity index is 1.49. The minimum atomic E-state index is -3.97. The second kappa shape index (κ2) is 14.1. The third kappa shape index (κ3) is 7.89. The van der Waals surface area contributed by atoms with Crippen molar-refractivity contribution in [3.63, 3.8) is 0 Å². The van der Waals surface area contributed by atoms with Crippen LogP contribution in [0, 0.1) is 23.7 Å². The second-order valence-electron chi connectivity index (χ2n) is 13.2. The fourth-order valence-electron chi connectivity index (χ4n) is 7.08. The standard InChI is InChI=1S/C34H45ClN2O6S/c1-22-17-24(7-15-33(38)39)6-8-25-9-10-28(25)20-37-16-4-3-5-26-18-30(35)13-11-29(26)21-43-32-14-12-27(19-31(32)37)34(40)36-44(41,42)23(22)2/h11-14,18-19,22-25,28H,3-10,15-17,20-21H2,1-2H3,(H,36,40)(H,38,39)/t22-,23+,24-,25+,28-/m0/s1. The lowest BCUT2D eigenvalue weighted by Crippen LogP contribution is -2.41. The van der Waals surface area contributed by atoms with E-state index in [1.54, 1.807) is 25.1 Å². The Bertz CT molecular complexity index is 1460. The van der Waals surface area contributed by atoms with Crippen LogP contribution in [0.3, 0.4) is 0 Å². The number of hydrogen-bond donors (Lipinski definition) is 2. The molecule has 3 aliphatic rings. The molecule has 0 spiro atoms. The molecule has 2 heterocycles. The van der Waals surface area contributed by atoms with Gasteiger partial charge in [-0.3, -0.25) is 9.59 Å². The van der Waals surface area contributed by atoms with Crippen molar-refractivity contribution in [1.82, 2.24) is 4.72 Å². The molecule has 1 aliphatic carbocycles. The van der Waals surface area contributed by atoms with Crippen molar-refractivity contribution in [2.45, 2.75) is 89.9 Å². The number of anilines is 1. The number of aliphatic carboxylic acids is 1. The molecule has 2 N–H and O–H groups in total. The number of fused-ring (bicyclic) bond motifs is 3. The number of benzene rings is 2. The summed E-state index contributed by atoms with van der Waals surface area (Å²) >= 11 is 6.32. The fourth-order valence-corrected chi connectivity index (χ4v) is 8.56. The maximum atomic E-state index is 13.4. The van der Waals surface area contributed by atoms with Gasteiger partial charge in [-0.05, 0) is 123 Å². The molecule has 1 saturated carbocycles. The molecule has 0 saturated heterocycles. The van der Waals surface area contributed by atoms with E-state index in [1.807, 2.05) is 25.1 Å². The number of rotatable bonds is 3. The number of halogens is 1.